The summed E-state index contributed by atoms with van der Waals surface area (Å²) in [5.74, 6) is -0.235. The smallest absolute Gasteiger partial charge is 0.422 e. The Labute approximate surface area is 266 Å². The lowest BCUT2D eigenvalue weighted by atomic mass is 10.1. The maximum atomic E-state index is 15.5. The van der Waals surface area contributed by atoms with Gasteiger partial charge in [-0.05, 0) is 48.0 Å². The molecule has 0 bridgehead atoms. The fourth-order valence-electron chi connectivity index (χ4n) is 4.75. The van der Waals surface area contributed by atoms with E-state index in [2.05, 4.69) is 9.97 Å². The second kappa shape index (κ2) is 14.2. The maximum Gasteiger partial charge on any atom is 0.422 e. The van der Waals surface area contributed by atoms with Crippen LogP contribution in [-0.2, 0) is 29.0 Å². The number of ether oxygens (including phenoxy) is 4. The minimum absolute atomic E-state index is 0.0571. The number of esters is 1. The van der Waals surface area contributed by atoms with Gasteiger partial charge in [-0.15, -0.1) is 0 Å². The van der Waals surface area contributed by atoms with Crippen LogP contribution in [0.3, 0.4) is 0 Å². The Kier molecular flexibility index (Phi) is 10.1. The van der Waals surface area contributed by atoms with Gasteiger partial charge in [0.25, 0.3) is 0 Å². The molecular weight excluding hydrogens is 630 g/mol. The summed E-state index contributed by atoms with van der Waals surface area (Å²) in [5.41, 5.74) is 3.37. The molecule has 46 heavy (non-hydrogen) atoms. The third-order valence-electron chi connectivity index (χ3n) is 6.98. The molecule has 0 saturated heterocycles. The Morgan fingerprint density at radius 3 is 2.48 bits per heavy atom. The maximum absolute atomic E-state index is 15.5. The van der Waals surface area contributed by atoms with Gasteiger partial charge in [0.1, 0.15) is 24.0 Å². The molecule has 0 aliphatic heterocycles. The van der Waals surface area contributed by atoms with Crippen molar-refractivity contribution in [1.29, 1.82) is 0 Å². The summed E-state index contributed by atoms with van der Waals surface area (Å²) in [4.78, 5) is 21.2. The van der Waals surface area contributed by atoms with Gasteiger partial charge in [-0.1, -0.05) is 35.9 Å². The van der Waals surface area contributed by atoms with Crippen LogP contribution >= 0.6 is 11.6 Å². The molecule has 3 aromatic carbocycles. The summed E-state index contributed by atoms with van der Waals surface area (Å²) >= 11 is 5.94. The molecule has 2 aromatic heterocycles. The minimum atomic E-state index is -4.52. The average molecular weight is 658 g/mol. The van der Waals surface area contributed by atoms with Crippen LogP contribution in [0.5, 0.6) is 11.6 Å². The molecule has 240 valence electrons. The highest BCUT2D eigenvalue weighted by Gasteiger charge is 2.29. The zero-order chi connectivity index (χ0) is 32.8. The highest BCUT2D eigenvalue weighted by atomic mass is 35.5. The number of fused-ring (bicyclic) bond motifs is 1. The monoisotopic (exact) mass is 657 g/mol. The molecular formula is C33H28ClF4N3O5. The van der Waals surface area contributed by atoms with Crippen molar-refractivity contribution in [3.8, 4) is 22.9 Å². The number of imidazole rings is 1. The summed E-state index contributed by atoms with van der Waals surface area (Å²) < 4.78 is 76.2. The van der Waals surface area contributed by atoms with E-state index in [-0.39, 0.29) is 29.7 Å². The van der Waals surface area contributed by atoms with Crippen LogP contribution in [0.2, 0.25) is 5.02 Å². The van der Waals surface area contributed by atoms with Gasteiger partial charge >= 0.3 is 12.1 Å². The average Bonchev–Trinajstić information content (AvgIpc) is 3.38. The second-order valence-corrected chi connectivity index (χ2v) is 10.6. The molecule has 0 atom stereocenters. The standard InChI is InChI=1S/C33H28ClF4N3O5/c1-43-13-12-41-28-15-22(32(42)44-2)9-11-27(28)39-30(41)16-20-6-7-21(14-25(20)35)26-4-3-5-31(40-26)45-18-23-8-10-24(34)17-29(23)46-19-33(36,37)38/h3-11,14-15,17H,12-13,16,18-19H2,1-2H3. The van der Waals surface area contributed by atoms with E-state index in [0.29, 0.717) is 58.0 Å². The van der Waals surface area contributed by atoms with Crippen LogP contribution in [0.1, 0.15) is 27.3 Å². The van der Waals surface area contributed by atoms with Gasteiger partial charge in [0.2, 0.25) is 5.88 Å². The van der Waals surface area contributed by atoms with Crippen LogP contribution in [-0.4, -0.2) is 54.1 Å². The third-order valence-corrected chi connectivity index (χ3v) is 7.22. The lowest BCUT2D eigenvalue weighted by molar-refractivity contribution is -0.153. The molecule has 0 N–H and O–H groups in total. The molecule has 2 heterocycles. The molecule has 0 saturated carbocycles. The van der Waals surface area contributed by atoms with Crippen molar-refractivity contribution in [2.24, 2.45) is 0 Å². The molecule has 0 aliphatic carbocycles. The zero-order valence-electron chi connectivity index (χ0n) is 24.7. The summed E-state index contributed by atoms with van der Waals surface area (Å²) in [6, 6.07) is 19.0. The predicted molar refractivity (Wildman–Crippen MR) is 163 cm³/mol. The molecule has 8 nitrogen and oxygen atoms in total. The fourth-order valence-corrected chi connectivity index (χ4v) is 4.92. The number of nitrogens with zero attached hydrogens (tertiary/aromatic N) is 3. The number of methoxy groups -OCH3 is 2. The quantitative estimate of drug-likeness (QED) is 0.102. The SMILES string of the molecule is COCCn1c(Cc2ccc(-c3cccc(OCc4ccc(Cl)cc4OCC(F)(F)F)n3)cc2F)nc2ccc(C(=O)OC)cc21. The van der Waals surface area contributed by atoms with Crippen LogP contribution in [0, 0.1) is 5.82 Å². The van der Waals surface area contributed by atoms with Gasteiger partial charge in [0.15, 0.2) is 6.61 Å². The molecule has 0 spiro atoms. The molecule has 0 amide bonds. The summed E-state index contributed by atoms with van der Waals surface area (Å²) in [5, 5.41) is 0.214. The van der Waals surface area contributed by atoms with Crippen LogP contribution in [0.25, 0.3) is 22.3 Å². The van der Waals surface area contributed by atoms with Crippen LogP contribution < -0.4 is 9.47 Å². The highest BCUT2D eigenvalue weighted by Crippen LogP contribution is 2.29. The number of aromatic nitrogens is 3. The molecule has 0 radical (unpaired) electrons. The van der Waals surface area contributed by atoms with Crippen molar-refractivity contribution in [1.82, 2.24) is 14.5 Å². The Hall–Kier alpha value is -4.68. The Morgan fingerprint density at radius 1 is 0.935 bits per heavy atom. The van der Waals surface area contributed by atoms with E-state index in [1.54, 1.807) is 55.6 Å². The number of carbonyl (C=O) groups is 1. The molecule has 0 fully saturated rings. The molecule has 0 unspecified atom stereocenters. The number of hydrogen-bond acceptors (Lipinski definition) is 7. The van der Waals surface area contributed by atoms with E-state index >= 15 is 4.39 Å². The molecule has 5 rings (SSSR count). The first kappa shape index (κ1) is 32.7. The van der Waals surface area contributed by atoms with E-state index in [1.807, 2.05) is 4.57 Å². The minimum Gasteiger partial charge on any atom is -0.484 e. The topological polar surface area (TPSA) is 84.7 Å². The zero-order valence-corrected chi connectivity index (χ0v) is 25.5. The van der Waals surface area contributed by atoms with Gasteiger partial charge in [-0.25, -0.2) is 19.2 Å². The van der Waals surface area contributed by atoms with E-state index in [0.717, 1.165) is 0 Å². The van der Waals surface area contributed by atoms with Crippen molar-refractivity contribution in [3.05, 3.63) is 106 Å². The number of carbonyl (C=O) groups excluding carboxylic acids is 1. The fraction of sp³-hybridized carbons (Fsp3) is 0.242. The van der Waals surface area contributed by atoms with Crippen molar-refractivity contribution in [2.75, 3.05) is 27.4 Å². The van der Waals surface area contributed by atoms with E-state index in [1.165, 1.54) is 31.4 Å². The number of benzene rings is 3. The summed E-state index contributed by atoms with van der Waals surface area (Å²) in [6.45, 7) is -0.793. The van der Waals surface area contributed by atoms with E-state index in [4.69, 9.17) is 30.5 Å². The molecule has 13 heteroatoms. The number of alkyl halides is 3. The molecule has 0 aliphatic rings. The van der Waals surface area contributed by atoms with E-state index < -0.39 is 24.6 Å². The number of rotatable bonds is 12. The Morgan fingerprint density at radius 2 is 1.74 bits per heavy atom. The van der Waals surface area contributed by atoms with Crippen molar-refractivity contribution in [2.45, 2.75) is 25.7 Å². The normalized spacial score (nSPS) is 11.5. The first-order valence-corrected chi connectivity index (χ1v) is 14.4. The number of hydrogen-bond donors (Lipinski definition) is 0. The largest absolute Gasteiger partial charge is 0.484 e. The van der Waals surface area contributed by atoms with Crippen LogP contribution in [0.15, 0.2) is 72.8 Å². The number of pyridine rings is 1. The van der Waals surface area contributed by atoms with Gasteiger partial charge in [0, 0.05) is 42.3 Å². The third kappa shape index (κ3) is 7.93. The Bertz CT molecular complexity index is 1860. The predicted octanol–water partition coefficient (Wildman–Crippen LogP) is 7.43. The van der Waals surface area contributed by atoms with Crippen molar-refractivity contribution >= 4 is 28.6 Å². The van der Waals surface area contributed by atoms with E-state index in [9.17, 15) is 18.0 Å². The highest BCUT2D eigenvalue weighted by molar-refractivity contribution is 6.30. The lowest BCUT2D eigenvalue weighted by Crippen LogP contribution is -2.20. The first-order chi connectivity index (χ1) is 22.0. The van der Waals surface area contributed by atoms with Gasteiger partial charge in [-0.3, -0.25) is 0 Å². The van der Waals surface area contributed by atoms with Crippen molar-refractivity contribution < 1.29 is 41.3 Å². The molecule has 5 aromatic rings. The van der Waals surface area contributed by atoms with Crippen LogP contribution in [0.4, 0.5) is 17.6 Å². The second-order valence-electron chi connectivity index (χ2n) is 10.2. The Balaban J connectivity index is 1.34. The summed E-state index contributed by atoms with van der Waals surface area (Å²) in [7, 11) is 2.89. The van der Waals surface area contributed by atoms with Gasteiger partial charge in [0.05, 0.1) is 36.0 Å². The van der Waals surface area contributed by atoms with Gasteiger partial charge < -0.3 is 23.5 Å². The van der Waals surface area contributed by atoms with Crippen molar-refractivity contribution in [3.63, 3.8) is 0 Å². The van der Waals surface area contributed by atoms with Gasteiger partial charge in [-0.2, -0.15) is 13.2 Å². The lowest BCUT2D eigenvalue weighted by Gasteiger charge is -2.14. The summed E-state index contributed by atoms with van der Waals surface area (Å²) in [6.07, 6.45) is -4.34. The first-order valence-electron chi connectivity index (χ1n) is 14.0. The number of halogens is 5.